The van der Waals surface area contributed by atoms with E-state index in [9.17, 15) is 9.59 Å². The molecule has 6 nitrogen and oxygen atoms in total. The summed E-state index contributed by atoms with van der Waals surface area (Å²) in [7, 11) is 2.19. The summed E-state index contributed by atoms with van der Waals surface area (Å²) in [5, 5.41) is 8.51. The van der Waals surface area contributed by atoms with Gasteiger partial charge in [0.05, 0.1) is 6.54 Å². The van der Waals surface area contributed by atoms with Gasteiger partial charge in [0, 0.05) is 24.3 Å². The van der Waals surface area contributed by atoms with Gasteiger partial charge in [0.2, 0.25) is 5.91 Å². The molecule has 0 bridgehead atoms. The van der Waals surface area contributed by atoms with E-state index >= 15 is 0 Å². The van der Waals surface area contributed by atoms with Crippen LogP contribution in [0.2, 0.25) is 0 Å². The standard InChI is InChI=1S/C22H34N4O2/c1-26(19-12-3-2-4-13-19)16-17-9-5-8-14-20(17)23-15-21(27)25-22(28)24-18-10-6-7-11-18/h5,8-9,14,18-19,23H,2-4,6-7,10-13,15-16H2,1H3,(H2,24,25,27,28). The van der Waals surface area contributed by atoms with Gasteiger partial charge in [0.25, 0.3) is 0 Å². The largest absolute Gasteiger partial charge is 0.376 e. The van der Waals surface area contributed by atoms with Crippen LogP contribution in [0.4, 0.5) is 10.5 Å². The SMILES string of the molecule is CN(Cc1ccccc1NCC(=O)NC(=O)NC1CCCC1)C1CCCCC1. The van der Waals surface area contributed by atoms with E-state index in [0.717, 1.165) is 37.9 Å². The van der Waals surface area contributed by atoms with Crippen molar-refractivity contribution >= 4 is 17.6 Å². The van der Waals surface area contributed by atoms with E-state index in [0.29, 0.717) is 6.04 Å². The number of hydrogen-bond acceptors (Lipinski definition) is 4. The van der Waals surface area contributed by atoms with E-state index in [-0.39, 0.29) is 24.5 Å². The number of amides is 3. The second-order valence-corrected chi connectivity index (χ2v) is 8.22. The van der Waals surface area contributed by atoms with Crippen LogP contribution in [0.1, 0.15) is 63.4 Å². The normalized spacial score (nSPS) is 18.2. The van der Waals surface area contributed by atoms with Crippen LogP contribution in [0.3, 0.4) is 0 Å². The number of nitrogens with zero attached hydrogens (tertiary/aromatic N) is 1. The molecule has 3 rings (SSSR count). The Kier molecular flexibility index (Phi) is 7.71. The zero-order valence-corrected chi connectivity index (χ0v) is 17.0. The van der Waals surface area contributed by atoms with Crippen LogP contribution >= 0.6 is 0 Å². The number of benzene rings is 1. The van der Waals surface area contributed by atoms with Crippen molar-refractivity contribution in [3.05, 3.63) is 29.8 Å². The van der Waals surface area contributed by atoms with Crippen molar-refractivity contribution < 1.29 is 9.59 Å². The fourth-order valence-electron chi connectivity index (χ4n) is 4.39. The van der Waals surface area contributed by atoms with E-state index in [1.165, 1.54) is 37.7 Å². The second kappa shape index (κ2) is 10.5. The molecule has 0 heterocycles. The number of urea groups is 1. The maximum atomic E-state index is 12.1. The van der Waals surface area contributed by atoms with Gasteiger partial charge >= 0.3 is 6.03 Å². The van der Waals surface area contributed by atoms with E-state index in [1.807, 2.05) is 18.2 Å². The molecular weight excluding hydrogens is 352 g/mol. The zero-order valence-electron chi connectivity index (χ0n) is 17.0. The van der Waals surface area contributed by atoms with Gasteiger partial charge in [0.15, 0.2) is 0 Å². The van der Waals surface area contributed by atoms with Crippen molar-refractivity contribution in [1.82, 2.24) is 15.5 Å². The van der Waals surface area contributed by atoms with Crippen LogP contribution in [-0.4, -0.2) is 42.5 Å². The van der Waals surface area contributed by atoms with Crippen molar-refractivity contribution in [2.75, 3.05) is 18.9 Å². The molecule has 154 valence electrons. The molecule has 0 aromatic heterocycles. The molecule has 2 aliphatic carbocycles. The third-order valence-corrected chi connectivity index (χ3v) is 6.02. The third-order valence-electron chi connectivity index (χ3n) is 6.02. The van der Waals surface area contributed by atoms with Crippen LogP contribution in [0.5, 0.6) is 0 Å². The first kappa shape index (κ1) is 20.6. The Bertz CT molecular complexity index is 652. The predicted octanol–water partition coefficient (Wildman–Crippen LogP) is 3.63. The van der Waals surface area contributed by atoms with E-state index in [4.69, 9.17) is 0 Å². The molecule has 0 saturated heterocycles. The van der Waals surface area contributed by atoms with Crippen LogP contribution in [0.25, 0.3) is 0 Å². The van der Waals surface area contributed by atoms with Crippen molar-refractivity contribution in [2.45, 2.75) is 76.4 Å². The summed E-state index contributed by atoms with van der Waals surface area (Å²) in [6.45, 7) is 0.944. The van der Waals surface area contributed by atoms with Crippen molar-refractivity contribution in [2.24, 2.45) is 0 Å². The molecule has 6 heteroatoms. The lowest BCUT2D eigenvalue weighted by Gasteiger charge is -2.31. The first-order valence-corrected chi connectivity index (χ1v) is 10.7. The topological polar surface area (TPSA) is 73.5 Å². The quantitative estimate of drug-likeness (QED) is 0.669. The molecule has 0 aliphatic heterocycles. The van der Waals surface area contributed by atoms with Crippen LogP contribution in [0.15, 0.2) is 24.3 Å². The molecule has 0 radical (unpaired) electrons. The maximum absolute atomic E-state index is 12.1. The summed E-state index contributed by atoms with van der Waals surface area (Å²) in [6.07, 6.45) is 10.8. The molecule has 1 aromatic rings. The predicted molar refractivity (Wildman–Crippen MR) is 112 cm³/mol. The van der Waals surface area contributed by atoms with Gasteiger partial charge in [-0.25, -0.2) is 4.79 Å². The summed E-state index contributed by atoms with van der Waals surface area (Å²) in [5.41, 5.74) is 2.13. The van der Waals surface area contributed by atoms with Gasteiger partial charge in [-0.2, -0.15) is 0 Å². The molecule has 1 aromatic carbocycles. The van der Waals surface area contributed by atoms with E-state index < -0.39 is 0 Å². The van der Waals surface area contributed by atoms with Gasteiger partial charge in [-0.1, -0.05) is 50.3 Å². The lowest BCUT2D eigenvalue weighted by Crippen LogP contribution is -2.45. The van der Waals surface area contributed by atoms with Crippen molar-refractivity contribution in [3.8, 4) is 0 Å². The fraction of sp³-hybridized carbons (Fsp3) is 0.636. The Morgan fingerprint density at radius 2 is 1.68 bits per heavy atom. The molecule has 0 unspecified atom stereocenters. The minimum Gasteiger partial charge on any atom is -0.376 e. The van der Waals surface area contributed by atoms with Gasteiger partial charge in [0.1, 0.15) is 0 Å². The van der Waals surface area contributed by atoms with Crippen LogP contribution in [0, 0.1) is 0 Å². The lowest BCUT2D eigenvalue weighted by atomic mass is 9.94. The molecule has 0 atom stereocenters. The number of carbonyl (C=O) groups is 2. The second-order valence-electron chi connectivity index (χ2n) is 8.22. The van der Waals surface area contributed by atoms with E-state index in [2.05, 4.69) is 34.0 Å². The smallest absolute Gasteiger partial charge is 0.321 e. The molecule has 3 amide bonds. The first-order valence-electron chi connectivity index (χ1n) is 10.7. The summed E-state index contributed by atoms with van der Waals surface area (Å²) in [6, 6.07) is 8.56. The Balaban J connectivity index is 1.47. The average molecular weight is 387 g/mol. The number of carbonyl (C=O) groups excluding carboxylic acids is 2. The number of imide groups is 1. The maximum Gasteiger partial charge on any atom is 0.321 e. The monoisotopic (exact) mass is 386 g/mol. The van der Waals surface area contributed by atoms with Gasteiger partial charge in [-0.15, -0.1) is 0 Å². The fourth-order valence-corrected chi connectivity index (χ4v) is 4.39. The molecule has 2 fully saturated rings. The number of nitrogens with one attached hydrogen (secondary N) is 3. The molecule has 0 spiro atoms. The van der Waals surface area contributed by atoms with Crippen molar-refractivity contribution in [1.29, 1.82) is 0 Å². The molecule has 28 heavy (non-hydrogen) atoms. The number of rotatable bonds is 7. The van der Waals surface area contributed by atoms with Gasteiger partial charge in [-0.05, 0) is 44.4 Å². The Morgan fingerprint density at radius 1 is 1.00 bits per heavy atom. The Morgan fingerprint density at radius 3 is 2.43 bits per heavy atom. The highest BCUT2D eigenvalue weighted by molar-refractivity contribution is 5.96. The minimum atomic E-state index is -0.385. The third kappa shape index (κ3) is 6.23. The molecule has 2 saturated carbocycles. The van der Waals surface area contributed by atoms with E-state index in [1.54, 1.807) is 0 Å². The highest BCUT2D eigenvalue weighted by Crippen LogP contribution is 2.24. The average Bonchev–Trinajstić information content (AvgIpc) is 3.20. The summed E-state index contributed by atoms with van der Waals surface area (Å²) >= 11 is 0. The lowest BCUT2D eigenvalue weighted by molar-refractivity contribution is -0.118. The number of anilines is 1. The van der Waals surface area contributed by atoms with Crippen LogP contribution < -0.4 is 16.0 Å². The summed E-state index contributed by atoms with van der Waals surface area (Å²) in [5.74, 6) is -0.314. The highest BCUT2D eigenvalue weighted by atomic mass is 16.2. The van der Waals surface area contributed by atoms with Crippen molar-refractivity contribution in [3.63, 3.8) is 0 Å². The summed E-state index contributed by atoms with van der Waals surface area (Å²) in [4.78, 5) is 26.5. The molecule has 2 aliphatic rings. The van der Waals surface area contributed by atoms with Gasteiger partial charge < -0.3 is 10.6 Å². The minimum absolute atomic E-state index is 0.0856. The van der Waals surface area contributed by atoms with Gasteiger partial charge in [-0.3, -0.25) is 15.0 Å². The Hall–Kier alpha value is -2.08. The number of para-hydroxylation sites is 1. The van der Waals surface area contributed by atoms with Crippen LogP contribution in [-0.2, 0) is 11.3 Å². The highest BCUT2D eigenvalue weighted by Gasteiger charge is 2.20. The molecular formula is C22H34N4O2. The summed E-state index contributed by atoms with van der Waals surface area (Å²) < 4.78 is 0. The number of hydrogen-bond donors (Lipinski definition) is 3. The Labute approximate surface area is 168 Å². The molecule has 3 N–H and O–H groups in total. The zero-order chi connectivity index (χ0) is 19.8. The first-order chi connectivity index (χ1) is 13.6.